The molecule has 2 amide bonds. The van der Waals surface area contributed by atoms with Crippen molar-refractivity contribution in [2.24, 2.45) is 0 Å². The van der Waals surface area contributed by atoms with Crippen molar-refractivity contribution in [3.8, 4) is 17.0 Å². The number of aromatic hydroxyl groups is 1. The summed E-state index contributed by atoms with van der Waals surface area (Å²) in [5.74, 6) is -0.309. The Labute approximate surface area is 208 Å². The average Bonchev–Trinajstić information content (AvgIpc) is 3.43. The molecule has 7 nitrogen and oxygen atoms in total. The second-order valence-corrected chi connectivity index (χ2v) is 9.55. The van der Waals surface area contributed by atoms with Crippen molar-refractivity contribution in [2.45, 2.75) is 51.5 Å². The van der Waals surface area contributed by atoms with Gasteiger partial charge in [-0.15, -0.1) is 0 Å². The minimum Gasteiger partial charge on any atom is -0.507 e. The summed E-state index contributed by atoms with van der Waals surface area (Å²) in [5.41, 5.74) is 2.32. The van der Waals surface area contributed by atoms with Crippen LogP contribution in [-0.2, 0) is 0 Å². The van der Waals surface area contributed by atoms with Crippen LogP contribution in [0.15, 0.2) is 42.5 Å². The number of hydrogen-bond donors (Lipinski definition) is 3. The number of carbonyl (C=O) groups is 2. The Hall–Kier alpha value is -3.03. The lowest BCUT2D eigenvalue weighted by Crippen LogP contribution is -2.35. The van der Waals surface area contributed by atoms with Crippen molar-refractivity contribution in [1.82, 2.24) is 15.1 Å². The standard InChI is InChI=1S/C25H26Cl2N4O3/c1-14(2)28-25(34)31-21(15-6-3-4-7-15)13-20(30-31)17-11-10-16(12-22(17)32)29-24(33)23-18(26)8-5-9-19(23)27/h5,8-15,32H,3-4,6-7H2,1-2H3,(H,28,34)(H,29,33). The van der Waals surface area contributed by atoms with Crippen LogP contribution in [0.3, 0.4) is 0 Å². The van der Waals surface area contributed by atoms with Crippen LogP contribution in [0.25, 0.3) is 11.3 Å². The molecule has 1 saturated carbocycles. The molecule has 3 aromatic rings. The maximum Gasteiger partial charge on any atom is 0.342 e. The minimum atomic E-state index is -0.485. The number of hydrogen-bond acceptors (Lipinski definition) is 4. The second kappa shape index (κ2) is 10.1. The first-order chi connectivity index (χ1) is 16.2. The van der Waals surface area contributed by atoms with Gasteiger partial charge in [0.2, 0.25) is 0 Å². The Kier molecular flexibility index (Phi) is 7.14. The van der Waals surface area contributed by atoms with E-state index in [2.05, 4.69) is 15.7 Å². The highest BCUT2D eigenvalue weighted by Gasteiger charge is 2.26. The third-order valence-corrected chi connectivity index (χ3v) is 6.47. The van der Waals surface area contributed by atoms with Crippen LogP contribution in [0.4, 0.5) is 10.5 Å². The zero-order valence-electron chi connectivity index (χ0n) is 18.9. The monoisotopic (exact) mass is 500 g/mol. The van der Waals surface area contributed by atoms with Gasteiger partial charge in [0.05, 0.1) is 27.0 Å². The molecule has 1 aromatic heterocycles. The summed E-state index contributed by atoms with van der Waals surface area (Å²) in [4.78, 5) is 25.4. The van der Waals surface area contributed by atoms with Crippen molar-refractivity contribution >= 4 is 40.8 Å². The normalized spacial score (nSPS) is 13.9. The molecule has 3 N–H and O–H groups in total. The zero-order valence-corrected chi connectivity index (χ0v) is 20.5. The number of carbonyl (C=O) groups excluding carboxylic acids is 2. The largest absolute Gasteiger partial charge is 0.507 e. The first kappa shape index (κ1) is 24.1. The molecule has 0 bridgehead atoms. The summed E-state index contributed by atoms with van der Waals surface area (Å²) in [6.07, 6.45) is 4.24. The first-order valence-electron chi connectivity index (χ1n) is 11.2. The van der Waals surface area contributed by atoms with E-state index in [4.69, 9.17) is 23.2 Å². The lowest BCUT2D eigenvalue weighted by atomic mass is 10.0. The van der Waals surface area contributed by atoms with Crippen molar-refractivity contribution in [3.05, 3.63) is 63.8 Å². The molecule has 4 rings (SSSR count). The molecule has 0 radical (unpaired) electrons. The van der Waals surface area contributed by atoms with Gasteiger partial charge in [-0.2, -0.15) is 9.78 Å². The third kappa shape index (κ3) is 5.05. The lowest BCUT2D eigenvalue weighted by molar-refractivity contribution is 0.102. The molecule has 1 heterocycles. The van der Waals surface area contributed by atoms with E-state index < -0.39 is 5.91 Å². The molecule has 1 aliphatic rings. The third-order valence-electron chi connectivity index (χ3n) is 5.84. The fourth-order valence-electron chi connectivity index (χ4n) is 4.24. The Bertz CT molecular complexity index is 1210. The molecule has 2 aromatic carbocycles. The van der Waals surface area contributed by atoms with Crippen LogP contribution in [0.5, 0.6) is 5.75 Å². The first-order valence-corrected chi connectivity index (χ1v) is 12.0. The molecule has 0 spiro atoms. The number of rotatable bonds is 5. The Morgan fingerprint density at radius 3 is 2.38 bits per heavy atom. The van der Waals surface area contributed by atoms with Crippen molar-refractivity contribution in [3.63, 3.8) is 0 Å². The molecular formula is C25H26Cl2N4O3. The fraction of sp³-hybridized carbons (Fsp3) is 0.320. The number of phenols is 1. The van der Waals surface area contributed by atoms with E-state index in [0.717, 1.165) is 31.4 Å². The Balaban J connectivity index is 1.62. The van der Waals surface area contributed by atoms with Crippen LogP contribution in [-0.4, -0.2) is 32.9 Å². The molecule has 9 heteroatoms. The van der Waals surface area contributed by atoms with Crippen LogP contribution in [0, 0.1) is 0 Å². The van der Waals surface area contributed by atoms with Crippen LogP contribution >= 0.6 is 23.2 Å². The van der Waals surface area contributed by atoms with Crippen LogP contribution in [0.1, 0.15) is 61.5 Å². The summed E-state index contributed by atoms with van der Waals surface area (Å²) in [6.45, 7) is 3.79. The number of halogens is 2. The number of aromatic nitrogens is 2. The molecule has 0 saturated heterocycles. The Morgan fingerprint density at radius 2 is 1.76 bits per heavy atom. The van der Waals surface area contributed by atoms with Gasteiger partial charge in [0, 0.05) is 29.3 Å². The van der Waals surface area contributed by atoms with Gasteiger partial charge in [-0.05, 0) is 57.0 Å². The highest BCUT2D eigenvalue weighted by molar-refractivity contribution is 6.40. The number of benzene rings is 2. The quantitative estimate of drug-likeness (QED) is 0.375. The number of nitrogens with one attached hydrogen (secondary N) is 2. The summed E-state index contributed by atoms with van der Waals surface area (Å²) in [5, 5.41) is 21.3. The zero-order chi connectivity index (χ0) is 24.4. The van der Waals surface area contributed by atoms with Crippen LogP contribution in [0.2, 0.25) is 10.0 Å². The van der Waals surface area contributed by atoms with E-state index in [1.165, 1.54) is 10.7 Å². The molecule has 34 heavy (non-hydrogen) atoms. The van der Waals surface area contributed by atoms with Gasteiger partial charge >= 0.3 is 6.03 Å². The smallest absolute Gasteiger partial charge is 0.342 e. The number of phenolic OH excluding ortho intramolecular Hbond substituents is 1. The van der Waals surface area contributed by atoms with Crippen LogP contribution < -0.4 is 10.6 Å². The SMILES string of the molecule is CC(C)NC(=O)n1nc(-c2ccc(NC(=O)c3c(Cl)cccc3Cl)cc2O)cc1C1CCCC1. The number of anilines is 1. The van der Waals surface area contributed by atoms with Gasteiger partial charge < -0.3 is 15.7 Å². The van der Waals surface area contributed by atoms with Gasteiger partial charge in [-0.3, -0.25) is 4.79 Å². The molecule has 1 fully saturated rings. The van der Waals surface area contributed by atoms with E-state index in [1.54, 1.807) is 30.3 Å². The molecule has 0 unspecified atom stereocenters. The van der Waals surface area contributed by atoms with Gasteiger partial charge in [0.25, 0.3) is 5.91 Å². The lowest BCUT2D eigenvalue weighted by Gasteiger charge is -2.13. The van der Waals surface area contributed by atoms with Gasteiger partial charge in [-0.1, -0.05) is 42.1 Å². The maximum absolute atomic E-state index is 12.8. The van der Waals surface area contributed by atoms with Gasteiger partial charge in [0.15, 0.2) is 0 Å². The predicted octanol–water partition coefficient (Wildman–Crippen LogP) is 6.44. The Morgan fingerprint density at radius 1 is 1.09 bits per heavy atom. The average molecular weight is 501 g/mol. The fourth-order valence-corrected chi connectivity index (χ4v) is 4.81. The van der Waals surface area contributed by atoms with Crippen molar-refractivity contribution in [1.29, 1.82) is 0 Å². The highest BCUT2D eigenvalue weighted by Crippen LogP contribution is 2.38. The maximum atomic E-state index is 12.8. The summed E-state index contributed by atoms with van der Waals surface area (Å²) >= 11 is 12.2. The van der Waals surface area contributed by atoms with E-state index in [-0.39, 0.29) is 39.3 Å². The topological polar surface area (TPSA) is 96.3 Å². The van der Waals surface area contributed by atoms with E-state index in [1.807, 2.05) is 19.9 Å². The van der Waals surface area contributed by atoms with E-state index in [0.29, 0.717) is 16.9 Å². The van der Waals surface area contributed by atoms with E-state index >= 15 is 0 Å². The van der Waals surface area contributed by atoms with Gasteiger partial charge in [0.1, 0.15) is 5.75 Å². The highest BCUT2D eigenvalue weighted by atomic mass is 35.5. The summed E-state index contributed by atoms with van der Waals surface area (Å²) in [6, 6.07) is 11.1. The van der Waals surface area contributed by atoms with Crippen molar-refractivity contribution < 1.29 is 14.7 Å². The molecule has 0 atom stereocenters. The predicted molar refractivity (Wildman–Crippen MR) is 134 cm³/mol. The van der Waals surface area contributed by atoms with E-state index in [9.17, 15) is 14.7 Å². The minimum absolute atomic E-state index is 0.0282. The number of nitrogens with zero attached hydrogens (tertiary/aromatic N) is 2. The second-order valence-electron chi connectivity index (χ2n) is 8.73. The van der Waals surface area contributed by atoms with Crippen molar-refractivity contribution in [2.75, 3.05) is 5.32 Å². The summed E-state index contributed by atoms with van der Waals surface area (Å²) in [7, 11) is 0. The molecular weight excluding hydrogens is 475 g/mol. The number of amides is 2. The summed E-state index contributed by atoms with van der Waals surface area (Å²) < 4.78 is 1.42. The molecule has 0 aliphatic heterocycles. The molecule has 1 aliphatic carbocycles. The molecule has 178 valence electrons. The van der Waals surface area contributed by atoms with Gasteiger partial charge in [-0.25, -0.2) is 4.79 Å².